The summed E-state index contributed by atoms with van der Waals surface area (Å²) in [6.45, 7) is 6.20. The first-order valence-electron chi connectivity index (χ1n) is 11.3. The molecule has 0 aromatic heterocycles. The van der Waals surface area contributed by atoms with Crippen molar-refractivity contribution in [2.75, 3.05) is 11.1 Å². The Morgan fingerprint density at radius 3 is 2.35 bits per heavy atom. The molecule has 0 aliphatic carbocycles. The number of fused-ring (bicyclic) bond motifs is 6. The van der Waals surface area contributed by atoms with Crippen molar-refractivity contribution >= 4 is 23.0 Å². The summed E-state index contributed by atoms with van der Waals surface area (Å²) in [7, 11) is 0. The fourth-order valence-electron chi connectivity index (χ4n) is 5.07. The SMILES string of the molecule is Cc1ccc(Nc2cc3c(cc2C)Oc2cc(N)ccc2C32OC(=O)c3ccccc32)c(C)c1. The average Bonchev–Trinajstić information content (AvgIpc) is 3.09. The molecule has 0 saturated carbocycles. The first-order valence-corrected chi connectivity index (χ1v) is 11.3. The van der Waals surface area contributed by atoms with Gasteiger partial charge in [0.15, 0.2) is 5.60 Å². The molecule has 0 fully saturated rings. The molecule has 3 N–H and O–H groups in total. The molecule has 5 nitrogen and oxygen atoms in total. The fourth-order valence-corrected chi connectivity index (χ4v) is 5.07. The minimum absolute atomic E-state index is 0.351. The van der Waals surface area contributed by atoms with E-state index in [1.165, 1.54) is 5.56 Å². The second-order valence-electron chi connectivity index (χ2n) is 9.08. The number of carbonyl (C=O) groups excluding carboxylic acids is 1. The Kier molecular flexibility index (Phi) is 4.27. The second-order valence-corrected chi connectivity index (χ2v) is 9.08. The van der Waals surface area contributed by atoms with Crippen LogP contribution in [0.1, 0.15) is 43.7 Å². The van der Waals surface area contributed by atoms with Crippen LogP contribution in [0.15, 0.2) is 72.8 Å². The lowest BCUT2D eigenvalue weighted by molar-refractivity contribution is 0.0224. The lowest BCUT2D eigenvalue weighted by Crippen LogP contribution is -2.33. The van der Waals surface area contributed by atoms with Gasteiger partial charge in [-0.05, 0) is 68.3 Å². The van der Waals surface area contributed by atoms with Gasteiger partial charge in [-0.2, -0.15) is 0 Å². The van der Waals surface area contributed by atoms with Crippen LogP contribution in [-0.2, 0) is 10.3 Å². The molecule has 2 aliphatic heterocycles. The van der Waals surface area contributed by atoms with Gasteiger partial charge >= 0.3 is 5.97 Å². The molecule has 1 spiro atoms. The Morgan fingerprint density at radius 2 is 1.53 bits per heavy atom. The van der Waals surface area contributed by atoms with Crippen LogP contribution in [0.4, 0.5) is 17.1 Å². The maximum absolute atomic E-state index is 13.0. The molecule has 4 aromatic carbocycles. The monoisotopic (exact) mass is 448 g/mol. The lowest BCUT2D eigenvalue weighted by atomic mass is 9.77. The van der Waals surface area contributed by atoms with E-state index in [1.54, 1.807) is 6.07 Å². The summed E-state index contributed by atoms with van der Waals surface area (Å²) >= 11 is 0. The summed E-state index contributed by atoms with van der Waals surface area (Å²) in [4.78, 5) is 13.0. The van der Waals surface area contributed by atoms with Gasteiger partial charge in [0.1, 0.15) is 11.5 Å². The molecule has 4 aromatic rings. The van der Waals surface area contributed by atoms with Gasteiger partial charge in [0.2, 0.25) is 0 Å². The van der Waals surface area contributed by atoms with Crippen LogP contribution < -0.4 is 15.8 Å². The molecule has 0 amide bonds. The normalized spacial score (nSPS) is 17.4. The van der Waals surface area contributed by atoms with E-state index in [2.05, 4.69) is 37.4 Å². The molecule has 6 rings (SSSR count). The number of esters is 1. The summed E-state index contributed by atoms with van der Waals surface area (Å²) < 4.78 is 12.6. The molecule has 34 heavy (non-hydrogen) atoms. The van der Waals surface area contributed by atoms with E-state index in [9.17, 15) is 4.79 Å². The van der Waals surface area contributed by atoms with Crippen molar-refractivity contribution in [3.05, 3.63) is 112 Å². The number of hydrogen-bond acceptors (Lipinski definition) is 5. The van der Waals surface area contributed by atoms with E-state index in [0.717, 1.165) is 39.2 Å². The van der Waals surface area contributed by atoms with Crippen molar-refractivity contribution in [1.82, 2.24) is 0 Å². The number of rotatable bonds is 2. The Labute approximate surface area is 198 Å². The predicted molar refractivity (Wildman–Crippen MR) is 133 cm³/mol. The highest BCUT2D eigenvalue weighted by Crippen LogP contribution is 2.57. The second kappa shape index (κ2) is 7.12. The zero-order valence-electron chi connectivity index (χ0n) is 19.2. The molecular weight excluding hydrogens is 424 g/mol. The van der Waals surface area contributed by atoms with Gasteiger partial charge < -0.3 is 20.5 Å². The number of benzene rings is 4. The van der Waals surface area contributed by atoms with Crippen molar-refractivity contribution in [2.24, 2.45) is 0 Å². The summed E-state index contributed by atoms with van der Waals surface area (Å²) in [6, 6.07) is 23.4. The largest absolute Gasteiger partial charge is 0.456 e. The summed E-state index contributed by atoms with van der Waals surface area (Å²) in [5.74, 6) is 0.883. The number of anilines is 3. The third-order valence-electron chi connectivity index (χ3n) is 6.73. The van der Waals surface area contributed by atoms with Crippen molar-refractivity contribution < 1.29 is 14.3 Å². The molecule has 0 bridgehead atoms. The van der Waals surface area contributed by atoms with Gasteiger partial charge in [0, 0.05) is 39.8 Å². The summed E-state index contributed by atoms with van der Waals surface area (Å²) in [5.41, 5.74) is 13.8. The van der Waals surface area contributed by atoms with Gasteiger partial charge in [-0.3, -0.25) is 0 Å². The molecule has 2 aliphatic rings. The van der Waals surface area contributed by atoms with Crippen LogP contribution in [0.2, 0.25) is 0 Å². The zero-order valence-corrected chi connectivity index (χ0v) is 19.2. The molecule has 0 saturated heterocycles. The number of nitrogen functional groups attached to an aromatic ring is 1. The molecular formula is C29H24N2O3. The summed E-state index contributed by atoms with van der Waals surface area (Å²) in [5, 5.41) is 3.58. The predicted octanol–water partition coefficient (Wildman–Crippen LogP) is 6.51. The highest BCUT2D eigenvalue weighted by Gasteiger charge is 2.53. The topological polar surface area (TPSA) is 73.6 Å². The van der Waals surface area contributed by atoms with Crippen molar-refractivity contribution in [3.8, 4) is 11.5 Å². The highest BCUT2D eigenvalue weighted by atomic mass is 16.6. The van der Waals surface area contributed by atoms with Crippen LogP contribution in [0.25, 0.3) is 0 Å². The number of ether oxygens (including phenoxy) is 2. The smallest absolute Gasteiger partial charge is 0.340 e. The Hall–Kier alpha value is -4.25. The standard InChI is InChI=1S/C29H24N2O3/c1-16-8-11-24(17(2)12-16)31-25-15-23-26(13-18(25)3)33-27-14-19(30)9-10-22(27)29(23)21-7-5-4-6-20(21)28(32)34-29/h4-15,31H,30H2,1-3H3. The molecule has 0 radical (unpaired) electrons. The first-order chi connectivity index (χ1) is 16.4. The number of carbonyl (C=O) groups is 1. The van der Waals surface area contributed by atoms with Crippen LogP contribution in [-0.4, -0.2) is 5.97 Å². The molecule has 1 atom stereocenters. The number of nitrogens with two attached hydrogens (primary N) is 1. The minimum Gasteiger partial charge on any atom is -0.456 e. The number of hydrogen-bond donors (Lipinski definition) is 2. The molecule has 2 heterocycles. The van der Waals surface area contributed by atoms with E-state index in [0.29, 0.717) is 22.7 Å². The zero-order chi connectivity index (χ0) is 23.6. The molecule has 5 heteroatoms. The van der Waals surface area contributed by atoms with Gasteiger partial charge in [-0.25, -0.2) is 4.79 Å². The minimum atomic E-state index is -1.11. The Balaban J connectivity index is 1.60. The van der Waals surface area contributed by atoms with E-state index in [-0.39, 0.29) is 5.97 Å². The number of nitrogens with one attached hydrogen (secondary N) is 1. The van der Waals surface area contributed by atoms with E-state index < -0.39 is 5.60 Å². The fraction of sp³-hybridized carbons (Fsp3) is 0.138. The van der Waals surface area contributed by atoms with Crippen LogP contribution >= 0.6 is 0 Å². The van der Waals surface area contributed by atoms with Gasteiger partial charge in [-0.15, -0.1) is 0 Å². The quantitative estimate of drug-likeness (QED) is 0.270. The summed E-state index contributed by atoms with van der Waals surface area (Å²) in [6.07, 6.45) is 0. The maximum atomic E-state index is 13.0. The van der Waals surface area contributed by atoms with Crippen molar-refractivity contribution in [2.45, 2.75) is 26.4 Å². The van der Waals surface area contributed by atoms with Crippen molar-refractivity contribution in [1.29, 1.82) is 0 Å². The van der Waals surface area contributed by atoms with Gasteiger partial charge in [0.25, 0.3) is 0 Å². The van der Waals surface area contributed by atoms with Crippen LogP contribution in [0.5, 0.6) is 11.5 Å². The maximum Gasteiger partial charge on any atom is 0.340 e. The number of aryl methyl sites for hydroxylation is 3. The Bertz CT molecular complexity index is 1510. The van der Waals surface area contributed by atoms with Gasteiger partial charge in [-0.1, -0.05) is 35.9 Å². The Morgan fingerprint density at radius 1 is 0.765 bits per heavy atom. The molecule has 1 unspecified atom stereocenters. The third kappa shape index (κ3) is 2.83. The lowest BCUT2D eigenvalue weighted by Gasteiger charge is -2.37. The highest BCUT2D eigenvalue weighted by molar-refractivity contribution is 5.97. The van der Waals surface area contributed by atoms with Crippen LogP contribution in [0, 0.1) is 20.8 Å². The average molecular weight is 449 g/mol. The van der Waals surface area contributed by atoms with E-state index >= 15 is 0 Å². The first kappa shape index (κ1) is 20.4. The van der Waals surface area contributed by atoms with Crippen LogP contribution in [0.3, 0.4) is 0 Å². The van der Waals surface area contributed by atoms with E-state index in [4.69, 9.17) is 15.2 Å². The third-order valence-corrected chi connectivity index (χ3v) is 6.73. The van der Waals surface area contributed by atoms with E-state index in [1.807, 2.05) is 55.5 Å². The van der Waals surface area contributed by atoms with Crippen molar-refractivity contribution in [3.63, 3.8) is 0 Å². The molecule has 168 valence electrons. The van der Waals surface area contributed by atoms with Gasteiger partial charge in [0.05, 0.1) is 5.56 Å².